The molecule has 4 heteroatoms. The molecule has 0 aliphatic heterocycles. The highest BCUT2D eigenvalue weighted by atomic mass is 19.1. The fraction of sp³-hybridized carbons (Fsp3) is 0.353. The zero-order chi connectivity index (χ0) is 15.5. The molecule has 0 amide bonds. The molecule has 0 radical (unpaired) electrons. The molecule has 2 rings (SSSR count). The molecular weight excluding hydrogens is 265 g/mol. The number of aromatic nitrogens is 1. The van der Waals surface area contributed by atoms with Gasteiger partial charge < -0.3 is 0 Å². The Labute approximate surface area is 125 Å². The molecule has 0 saturated heterocycles. The third-order valence-electron chi connectivity index (χ3n) is 3.64. The van der Waals surface area contributed by atoms with Crippen molar-refractivity contribution in [1.29, 1.82) is 0 Å². The first-order chi connectivity index (χ1) is 9.91. The molecule has 1 aromatic heterocycles. The standard InChI is InChI=1S/C17H22FN3/c1-17(2,3)13-6-4-12(5-7-13)10-16(21-19)14-8-9-20-11-15(14)18/h4-9,11,16,21H,10,19H2,1-3H3. The molecule has 0 fully saturated rings. The van der Waals surface area contributed by atoms with Crippen LogP contribution in [0.15, 0.2) is 42.7 Å². The van der Waals surface area contributed by atoms with Gasteiger partial charge in [0.2, 0.25) is 0 Å². The number of pyridine rings is 1. The van der Waals surface area contributed by atoms with Crippen LogP contribution in [0.5, 0.6) is 0 Å². The third kappa shape index (κ3) is 3.86. The van der Waals surface area contributed by atoms with Gasteiger partial charge in [-0.15, -0.1) is 0 Å². The molecule has 21 heavy (non-hydrogen) atoms. The van der Waals surface area contributed by atoms with E-state index in [0.29, 0.717) is 12.0 Å². The topological polar surface area (TPSA) is 50.9 Å². The Morgan fingerprint density at radius 1 is 1.19 bits per heavy atom. The monoisotopic (exact) mass is 287 g/mol. The number of halogens is 1. The van der Waals surface area contributed by atoms with Gasteiger partial charge in [-0.1, -0.05) is 45.0 Å². The van der Waals surface area contributed by atoms with Gasteiger partial charge >= 0.3 is 0 Å². The Morgan fingerprint density at radius 3 is 2.38 bits per heavy atom. The van der Waals surface area contributed by atoms with E-state index in [1.165, 1.54) is 11.8 Å². The quantitative estimate of drug-likeness (QED) is 0.670. The Morgan fingerprint density at radius 2 is 1.86 bits per heavy atom. The Bertz CT molecular complexity index is 588. The van der Waals surface area contributed by atoms with Crippen LogP contribution in [-0.4, -0.2) is 4.98 Å². The van der Waals surface area contributed by atoms with Crippen molar-refractivity contribution in [2.75, 3.05) is 0 Å². The summed E-state index contributed by atoms with van der Waals surface area (Å²) in [5, 5.41) is 0. The van der Waals surface area contributed by atoms with E-state index in [2.05, 4.69) is 55.4 Å². The van der Waals surface area contributed by atoms with Crippen LogP contribution in [0.25, 0.3) is 0 Å². The zero-order valence-corrected chi connectivity index (χ0v) is 12.7. The second-order valence-electron chi connectivity index (χ2n) is 6.27. The van der Waals surface area contributed by atoms with Crippen molar-refractivity contribution < 1.29 is 4.39 Å². The molecule has 1 heterocycles. The Hall–Kier alpha value is -1.78. The van der Waals surface area contributed by atoms with Crippen LogP contribution in [0, 0.1) is 5.82 Å². The smallest absolute Gasteiger partial charge is 0.146 e. The average Bonchev–Trinajstić information content (AvgIpc) is 2.45. The summed E-state index contributed by atoms with van der Waals surface area (Å²) >= 11 is 0. The van der Waals surface area contributed by atoms with Gasteiger partial charge in [0.1, 0.15) is 5.82 Å². The van der Waals surface area contributed by atoms with Crippen molar-refractivity contribution in [2.45, 2.75) is 38.6 Å². The van der Waals surface area contributed by atoms with Gasteiger partial charge in [-0.25, -0.2) is 4.39 Å². The number of hydrogen-bond donors (Lipinski definition) is 2. The summed E-state index contributed by atoms with van der Waals surface area (Å²) in [4.78, 5) is 3.76. The molecule has 0 spiro atoms. The van der Waals surface area contributed by atoms with E-state index in [9.17, 15) is 4.39 Å². The van der Waals surface area contributed by atoms with Crippen molar-refractivity contribution in [3.8, 4) is 0 Å². The van der Waals surface area contributed by atoms with Crippen molar-refractivity contribution in [2.24, 2.45) is 5.84 Å². The molecule has 0 bridgehead atoms. The van der Waals surface area contributed by atoms with Crippen molar-refractivity contribution in [3.05, 3.63) is 65.2 Å². The van der Waals surface area contributed by atoms with Crippen LogP contribution in [0.3, 0.4) is 0 Å². The van der Waals surface area contributed by atoms with E-state index in [-0.39, 0.29) is 17.3 Å². The SMILES string of the molecule is CC(C)(C)c1ccc(CC(NN)c2ccncc2F)cc1. The predicted molar refractivity (Wildman–Crippen MR) is 83.1 cm³/mol. The maximum absolute atomic E-state index is 13.8. The lowest BCUT2D eigenvalue weighted by Crippen LogP contribution is -2.30. The van der Waals surface area contributed by atoms with Crippen LogP contribution >= 0.6 is 0 Å². The first kappa shape index (κ1) is 15.6. The van der Waals surface area contributed by atoms with E-state index < -0.39 is 0 Å². The van der Waals surface area contributed by atoms with Gasteiger partial charge in [0.25, 0.3) is 0 Å². The molecular formula is C17H22FN3. The van der Waals surface area contributed by atoms with Crippen molar-refractivity contribution in [1.82, 2.24) is 10.4 Å². The third-order valence-corrected chi connectivity index (χ3v) is 3.64. The summed E-state index contributed by atoms with van der Waals surface area (Å²) in [6.45, 7) is 6.54. The summed E-state index contributed by atoms with van der Waals surface area (Å²) in [5.74, 6) is 5.24. The maximum Gasteiger partial charge on any atom is 0.146 e. The number of benzene rings is 1. The van der Waals surface area contributed by atoms with Gasteiger partial charge in [0.05, 0.1) is 12.2 Å². The minimum Gasteiger partial charge on any atom is -0.271 e. The maximum atomic E-state index is 13.8. The van der Waals surface area contributed by atoms with Crippen LogP contribution in [0.4, 0.5) is 4.39 Å². The number of hydrazine groups is 1. The molecule has 0 aliphatic rings. The second-order valence-corrected chi connectivity index (χ2v) is 6.27. The van der Waals surface area contributed by atoms with Gasteiger partial charge in [-0.05, 0) is 29.0 Å². The molecule has 1 unspecified atom stereocenters. The van der Waals surface area contributed by atoms with Gasteiger partial charge in [0, 0.05) is 11.8 Å². The largest absolute Gasteiger partial charge is 0.271 e. The van der Waals surface area contributed by atoms with E-state index in [0.717, 1.165) is 5.56 Å². The number of hydrogen-bond acceptors (Lipinski definition) is 3. The second kappa shape index (κ2) is 6.33. The van der Waals surface area contributed by atoms with Crippen LogP contribution < -0.4 is 11.3 Å². The first-order valence-electron chi connectivity index (χ1n) is 7.07. The molecule has 1 aromatic carbocycles. The lowest BCUT2D eigenvalue weighted by atomic mass is 9.86. The predicted octanol–water partition coefficient (Wildman–Crippen LogP) is 3.27. The molecule has 2 aromatic rings. The fourth-order valence-electron chi connectivity index (χ4n) is 2.30. The molecule has 0 aliphatic carbocycles. The Balaban J connectivity index is 2.18. The van der Waals surface area contributed by atoms with Crippen LogP contribution in [0.1, 0.15) is 43.5 Å². The summed E-state index contributed by atoms with van der Waals surface area (Å²) in [5.41, 5.74) is 5.74. The number of rotatable bonds is 4. The summed E-state index contributed by atoms with van der Waals surface area (Å²) in [6, 6.07) is 9.77. The molecule has 3 nitrogen and oxygen atoms in total. The van der Waals surface area contributed by atoms with Crippen molar-refractivity contribution in [3.63, 3.8) is 0 Å². The van der Waals surface area contributed by atoms with E-state index in [1.54, 1.807) is 12.3 Å². The lowest BCUT2D eigenvalue weighted by Gasteiger charge is -2.20. The number of nitrogens with two attached hydrogens (primary N) is 1. The fourth-order valence-corrected chi connectivity index (χ4v) is 2.30. The zero-order valence-electron chi connectivity index (χ0n) is 12.7. The molecule has 1 atom stereocenters. The van der Waals surface area contributed by atoms with Gasteiger partial charge in [-0.2, -0.15) is 0 Å². The minimum atomic E-state index is -0.341. The first-order valence-corrected chi connectivity index (χ1v) is 7.07. The molecule has 3 N–H and O–H groups in total. The number of nitrogens with zero attached hydrogens (tertiary/aromatic N) is 1. The lowest BCUT2D eigenvalue weighted by molar-refractivity contribution is 0.507. The van der Waals surface area contributed by atoms with Gasteiger partial charge in [-0.3, -0.25) is 16.3 Å². The van der Waals surface area contributed by atoms with E-state index >= 15 is 0 Å². The van der Waals surface area contributed by atoms with E-state index in [1.807, 2.05) is 0 Å². The highest BCUT2D eigenvalue weighted by Gasteiger charge is 2.16. The van der Waals surface area contributed by atoms with E-state index in [4.69, 9.17) is 5.84 Å². The average molecular weight is 287 g/mol. The highest BCUT2D eigenvalue weighted by molar-refractivity contribution is 5.29. The summed E-state index contributed by atoms with van der Waals surface area (Å²) < 4.78 is 13.8. The van der Waals surface area contributed by atoms with Crippen molar-refractivity contribution >= 4 is 0 Å². The summed E-state index contributed by atoms with van der Waals surface area (Å²) in [7, 11) is 0. The van der Waals surface area contributed by atoms with Crippen LogP contribution in [0.2, 0.25) is 0 Å². The normalized spacial score (nSPS) is 13.2. The molecule has 0 saturated carbocycles. The summed E-state index contributed by atoms with van der Waals surface area (Å²) in [6.07, 6.45) is 3.41. The highest BCUT2D eigenvalue weighted by Crippen LogP contribution is 2.24. The number of nitrogens with one attached hydrogen (secondary N) is 1. The Kier molecular flexibility index (Phi) is 4.70. The molecule has 112 valence electrons. The van der Waals surface area contributed by atoms with Gasteiger partial charge in [0.15, 0.2) is 0 Å². The minimum absolute atomic E-state index is 0.126. The van der Waals surface area contributed by atoms with Crippen LogP contribution in [-0.2, 0) is 11.8 Å².